The number of benzene rings is 1. The van der Waals surface area contributed by atoms with Crippen LogP contribution in [0, 0.1) is 0 Å². The van der Waals surface area contributed by atoms with E-state index in [9.17, 15) is 9.59 Å². The summed E-state index contributed by atoms with van der Waals surface area (Å²) in [6.07, 6.45) is 4.69. The van der Waals surface area contributed by atoms with Crippen molar-refractivity contribution in [3.63, 3.8) is 0 Å². The van der Waals surface area contributed by atoms with Crippen molar-refractivity contribution in [1.29, 1.82) is 0 Å². The van der Waals surface area contributed by atoms with Crippen LogP contribution in [0.5, 0.6) is 0 Å². The Labute approximate surface area is 175 Å². The average Bonchev–Trinajstić information content (AvgIpc) is 3.19. The molecule has 0 spiro atoms. The highest BCUT2D eigenvalue weighted by Gasteiger charge is 2.34. The predicted octanol–water partition coefficient (Wildman–Crippen LogP) is 3.42. The number of rotatable bonds is 5. The zero-order chi connectivity index (χ0) is 20.2. The first-order valence-electron chi connectivity index (χ1n) is 10.7. The minimum absolute atomic E-state index is 0.0567. The van der Waals surface area contributed by atoms with Gasteiger partial charge in [0.1, 0.15) is 6.04 Å². The maximum atomic E-state index is 12.9. The summed E-state index contributed by atoms with van der Waals surface area (Å²) in [5.41, 5.74) is 1.08. The van der Waals surface area contributed by atoms with E-state index in [0.29, 0.717) is 32.0 Å². The smallest absolute Gasteiger partial charge is 0.328 e. The second-order valence-electron chi connectivity index (χ2n) is 7.92. The van der Waals surface area contributed by atoms with E-state index >= 15 is 0 Å². The molecule has 1 atom stereocenters. The van der Waals surface area contributed by atoms with Crippen LogP contribution in [0.15, 0.2) is 24.3 Å². The topological polar surface area (TPSA) is 62.7 Å². The maximum Gasteiger partial charge on any atom is 0.328 e. The number of para-hydroxylation sites is 1. The van der Waals surface area contributed by atoms with Crippen LogP contribution in [-0.4, -0.2) is 65.5 Å². The lowest BCUT2D eigenvalue weighted by atomic mass is 9.97. The number of carbonyl (C=O) groups excluding carboxylic acids is 2. The molecule has 0 radical (unpaired) electrons. The highest BCUT2D eigenvalue weighted by molar-refractivity contribution is 7.18. The summed E-state index contributed by atoms with van der Waals surface area (Å²) in [7, 11) is 0. The van der Waals surface area contributed by atoms with Crippen LogP contribution < -0.4 is 0 Å². The molecule has 0 saturated carbocycles. The largest absolute Gasteiger partial charge is 0.464 e. The molecule has 1 amide bonds. The molecule has 2 fully saturated rings. The Balaban J connectivity index is 1.32. The van der Waals surface area contributed by atoms with Crippen molar-refractivity contribution in [2.24, 2.45) is 0 Å². The van der Waals surface area contributed by atoms with Gasteiger partial charge in [-0.25, -0.2) is 9.78 Å². The van der Waals surface area contributed by atoms with Gasteiger partial charge < -0.3 is 9.64 Å². The second-order valence-corrected chi connectivity index (χ2v) is 8.98. The molecule has 0 unspecified atom stereocenters. The van der Waals surface area contributed by atoms with E-state index in [-0.39, 0.29) is 11.9 Å². The Kier molecular flexibility index (Phi) is 6.45. The molecule has 2 aliphatic rings. The molecule has 0 bridgehead atoms. The van der Waals surface area contributed by atoms with Crippen LogP contribution in [0.2, 0.25) is 0 Å². The van der Waals surface area contributed by atoms with E-state index < -0.39 is 6.04 Å². The molecular weight excluding hydrogens is 386 g/mol. The summed E-state index contributed by atoms with van der Waals surface area (Å²) in [5, 5.41) is 1.22. The molecule has 2 aromatic rings. The number of likely N-dealkylation sites (tertiary alicyclic amines) is 2. The van der Waals surface area contributed by atoms with Crippen molar-refractivity contribution in [3.05, 3.63) is 29.3 Å². The fraction of sp³-hybridized carbons (Fsp3) is 0.591. The molecule has 1 aromatic heterocycles. The lowest BCUT2D eigenvalue weighted by Crippen LogP contribution is -2.52. The van der Waals surface area contributed by atoms with E-state index in [1.807, 2.05) is 13.0 Å². The zero-order valence-electron chi connectivity index (χ0n) is 17.0. The minimum Gasteiger partial charge on any atom is -0.464 e. The molecule has 0 aliphatic carbocycles. The lowest BCUT2D eigenvalue weighted by molar-refractivity contribution is -0.157. The van der Waals surface area contributed by atoms with Gasteiger partial charge in [0.15, 0.2) is 0 Å². The zero-order valence-corrected chi connectivity index (χ0v) is 17.8. The van der Waals surface area contributed by atoms with Crippen molar-refractivity contribution >= 4 is 33.4 Å². The highest BCUT2D eigenvalue weighted by atomic mass is 32.1. The van der Waals surface area contributed by atoms with E-state index in [2.05, 4.69) is 23.1 Å². The number of nitrogens with zero attached hydrogens (tertiary/aromatic N) is 3. The fourth-order valence-electron chi connectivity index (χ4n) is 4.40. The molecule has 6 nitrogen and oxygen atoms in total. The van der Waals surface area contributed by atoms with Crippen LogP contribution in [0.3, 0.4) is 0 Å². The Morgan fingerprint density at radius 3 is 2.69 bits per heavy atom. The fourth-order valence-corrected chi connectivity index (χ4v) is 5.53. The predicted molar refractivity (Wildman–Crippen MR) is 114 cm³/mol. The summed E-state index contributed by atoms with van der Waals surface area (Å²) in [4.78, 5) is 34.0. The molecule has 4 rings (SSSR count). The Morgan fingerprint density at radius 2 is 1.93 bits per heavy atom. The van der Waals surface area contributed by atoms with Gasteiger partial charge in [-0.05, 0) is 64.3 Å². The molecule has 2 aliphatic heterocycles. The van der Waals surface area contributed by atoms with E-state index in [1.165, 1.54) is 9.71 Å². The molecular formula is C22H29N3O3S. The highest BCUT2D eigenvalue weighted by Crippen LogP contribution is 2.33. The minimum atomic E-state index is -0.406. The van der Waals surface area contributed by atoms with Crippen LogP contribution in [0.4, 0.5) is 0 Å². The Bertz CT molecular complexity index is 827. The molecule has 0 N–H and O–H groups in total. The van der Waals surface area contributed by atoms with Gasteiger partial charge in [0, 0.05) is 12.5 Å². The third-order valence-corrected chi connectivity index (χ3v) is 7.19. The molecule has 29 heavy (non-hydrogen) atoms. The summed E-state index contributed by atoms with van der Waals surface area (Å²) < 4.78 is 6.43. The third kappa shape index (κ3) is 4.61. The summed E-state index contributed by atoms with van der Waals surface area (Å²) in [6.45, 7) is 5.00. The van der Waals surface area contributed by atoms with Crippen LogP contribution >= 0.6 is 11.3 Å². The Morgan fingerprint density at radius 1 is 1.14 bits per heavy atom. The van der Waals surface area contributed by atoms with Gasteiger partial charge in [-0.3, -0.25) is 9.69 Å². The lowest BCUT2D eigenvalue weighted by Gasteiger charge is -2.37. The second kappa shape index (κ2) is 9.22. The van der Waals surface area contributed by atoms with Crippen molar-refractivity contribution < 1.29 is 14.3 Å². The summed E-state index contributed by atoms with van der Waals surface area (Å²) in [5.74, 6) is 0.275. The van der Waals surface area contributed by atoms with E-state index in [4.69, 9.17) is 9.72 Å². The average molecular weight is 416 g/mol. The quantitative estimate of drug-likeness (QED) is 0.700. The number of aromatic nitrogens is 1. The van der Waals surface area contributed by atoms with Crippen LogP contribution in [0.1, 0.15) is 50.0 Å². The number of hydrogen-bond donors (Lipinski definition) is 0. The van der Waals surface area contributed by atoms with Crippen molar-refractivity contribution in [3.8, 4) is 0 Å². The normalized spacial score (nSPS) is 21.4. The van der Waals surface area contributed by atoms with Crippen molar-refractivity contribution in [1.82, 2.24) is 14.8 Å². The van der Waals surface area contributed by atoms with Gasteiger partial charge in [0.05, 0.1) is 28.4 Å². The number of piperidine rings is 2. The molecule has 2 saturated heterocycles. The maximum absolute atomic E-state index is 12.9. The van der Waals surface area contributed by atoms with Crippen LogP contribution in [0.25, 0.3) is 10.2 Å². The van der Waals surface area contributed by atoms with Gasteiger partial charge in [-0.2, -0.15) is 0 Å². The molecule has 7 heteroatoms. The van der Waals surface area contributed by atoms with Gasteiger partial charge in [0.25, 0.3) is 0 Å². The van der Waals surface area contributed by atoms with E-state index in [0.717, 1.165) is 44.3 Å². The van der Waals surface area contributed by atoms with Gasteiger partial charge >= 0.3 is 5.97 Å². The van der Waals surface area contributed by atoms with Gasteiger partial charge in [-0.1, -0.05) is 12.1 Å². The number of hydrogen-bond acceptors (Lipinski definition) is 6. The third-order valence-electron chi connectivity index (χ3n) is 5.99. The first kappa shape index (κ1) is 20.3. The number of thiazole rings is 1. The standard InChI is InChI=1S/C22H29N3O3S/c1-2-28-22(27)18-8-5-6-12-25(18)20(26)15-24-13-10-16(11-14-24)21-23-17-7-3-4-9-19(17)29-21/h3-4,7,9,16,18H,2,5-6,8,10-15H2,1H3/t18-/m0/s1. The van der Waals surface area contributed by atoms with E-state index in [1.54, 1.807) is 16.2 Å². The Hall–Kier alpha value is -1.99. The van der Waals surface area contributed by atoms with Gasteiger partial charge in [0.2, 0.25) is 5.91 Å². The molecule has 156 valence electrons. The number of fused-ring (bicyclic) bond motifs is 1. The SMILES string of the molecule is CCOC(=O)[C@@H]1CCCCN1C(=O)CN1CCC(c2nc3ccccc3s2)CC1. The molecule has 1 aromatic carbocycles. The number of esters is 1. The first-order chi connectivity index (χ1) is 14.2. The van der Waals surface area contributed by atoms with Crippen molar-refractivity contribution in [2.75, 3.05) is 32.8 Å². The summed E-state index contributed by atoms with van der Waals surface area (Å²) in [6, 6.07) is 7.88. The number of carbonyl (C=O) groups is 2. The number of amides is 1. The number of ether oxygens (including phenoxy) is 1. The molecule has 3 heterocycles. The van der Waals surface area contributed by atoms with Crippen molar-refractivity contribution in [2.45, 2.75) is 51.0 Å². The van der Waals surface area contributed by atoms with Crippen LogP contribution in [-0.2, 0) is 14.3 Å². The first-order valence-corrected chi connectivity index (χ1v) is 11.5. The monoisotopic (exact) mass is 415 g/mol. The van der Waals surface area contributed by atoms with Gasteiger partial charge in [-0.15, -0.1) is 11.3 Å². The summed E-state index contributed by atoms with van der Waals surface area (Å²) >= 11 is 1.79.